The van der Waals surface area contributed by atoms with Crippen LogP contribution in [0.1, 0.15) is 17.2 Å². The highest BCUT2D eigenvalue weighted by atomic mass is 16.5. The first-order chi connectivity index (χ1) is 8.34. The summed E-state index contributed by atoms with van der Waals surface area (Å²) in [6.45, 7) is 0.670. The third-order valence-electron chi connectivity index (χ3n) is 3.34. The van der Waals surface area contributed by atoms with Gasteiger partial charge >= 0.3 is 0 Å². The van der Waals surface area contributed by atoms with E-state index in [9.17, 15) is 0 Å². The van der Waals surface area contributed by atoms with Crippen LogP contribution in [0.4, 0.5) is 0 Å². The highest BCUT2D eigenvalue weighted by Crippen LogP contribution is 2.32. The van der Waals surface area contributed by atoms with Crippen molar-refractivity contribution in [3.8, 4) is 5.75 Å². The number of benzene rings is 1. The van der Waals surface area contributed by atoms with E-state index in [4.69, 9.17) is 14.9 Å². The predicted molar refractivity (Wildman–Crippen MR) is 64.8 cm³/mol. The Morgan fingerprint density at radius 2 is 2.12 bits per heavy atom. The van der Waals surface area contributed by atoms with Gasteiger partial charge in [0.2, 0.25) is 0 Å². The van der Waals surface area contributed by atoms with Crippen LogP contribution < -0.4 is 10.5 Å². The lowest BCUT2D eigenvalue weighted by molar-refractivity contribution is 0.199. The summed E-state index contributed by atoms with van der Waals surface area (Å²) in [5.74, 6) is 1.30. The summed E-state index contributed by atoms with van der Waals surface area (Å²) >= 11 is 0. The fraction of sp³-hybridized carbons (Fsp3) is 0.286. The number of hydrogen-bond acceptors (Lipinski definition) is 3. The monoisotopic (exact) mass is 229 g/mol. The van der Waals surface area contributed by atoms with Crippen molar-refractivity contribution < 1.29 is 9.15 Å². The molecule has 2 unspecified atom stereocenters. The van der Waals surface area contributed by atoms with Crippen molar-refractivity contribution in [3.63, 3.8) is 0 Å². The van der Waals surface area contributed by atoms with Gasteiger partial charge in [0.05, 0.1) is 19.1 Å². The van der Waals surface area contributed by atoms with Gasteiger partial charge in [0.1, 0.15) is 5.75 Å². The summed E-state index contributed by atoms with van der Waals surface area (Å²) in [5.41, 5.74) is 8.51. The lowest BCUT2D eigenvalue weighted by Crippen LogP contribution is -2.31. The van der Waals surface area contributed by atoms with Gasteiger partial charge in [0.25, 0.3) is 0 Å². The smallest absolute Gasteiger partial charge is 0.122 e. The van der Waals surface area contributed by atoms with Gasteiger partial charge < -0.3 is 14.9 Å². The van der Waals surface area contributed by atoms with Gasteiger partial charge in [0.15, 0.2) is 0 Å². The van der Waals surface area contributed by atoms with Crippen molar-refractivity contribution in [2.45, 2.75) is 12.5 Å². The zero-order chi connectivity index (χ0) is 11.7. The molecule has 0 saturated carbocycles. The lowest BCUT2D eigenvalue weighted by atomic mass is 9.88. The van der Waals surface area contributed by atoms with E-state index in [1.54, 1.807) is 12.5 Å². The summed E-state index contributed by atoms with van der Waals surface area (Å²) in [4.78, 5) is 0. The number of fused-ring (bicyclic) bond motifs is 1. The molecule has 88 valence electrons. The SMILES string of the molecule is NC(c1ccoc1)C1COc2ccccc2C1. The molecule has 1 aromatic carbocycles. The van der Waals surface area contributed by atoms with Gasteiger partial charge in [-0.05, 0) is 24.1 Å². The average Bonchev–Trinajstić information content (AvgIpc) is 2.91. The lowest BCUT2D eigenvalue weighted by Gasteiger charge is -2.29. The van der Waals surface area contributed by atoms with Crippen LogP contribution in [0.25, 0.3) is 0 Å². The molecule has 0 aliphatic carbocycles. The fourth-order valence-corrected chi connectivity index (χ4v) is 2.32. The van der Waals surface area contributed by atoms with E-state index >= 15 is 0 Å². The molecule has 1 aliphatic heterocycles. The molecular formula is C14H15NO2. The number of hydrogen-bond donors (Lipinski definition) is 1. The average molecular weight is 229 g/mol. The molecule has 3 nitrogen and oxygen atoms in total. The molecule has 2 N–H and O–H groups in total. The fourth-order valence-electron chi connectivity index (χ4n) is 2.32. The van der Waals surface area contributed by atoms with E-state index in [1.807, 2.05) is 24.3 Å². The first kappa shape index (κ1) is 10.4. The molecule has 3 heteroatoms. The van der Waals surface area contributed by atoms with Crippen molar-refractivity contribution in [1.82, 2.24) is 0 Å². The molecule has 17 heavy (non-hydrogen) atoms. The molecule has 2 aromatic rings. The second-order valence-corrected chi connectivity index (χ2v) is 4.47. The Bertz CT molecular complexity index is 493. The predicted octanol–water partition coefficient (Wildman–Crippen LogP) is 2.53. The standard InChI is InChI=1S/C14H15NO2/c15-14(11-5-6-16-8-11)12-7-10-3-1-2-4-13(10)17-9-12/h1-6,8,12,14H,7,9,15H2. The van der Waals surface area contributed by atoms with Gasteiger partial charge in [-0.25, -0.2) is 0 Å². The Labute approximate surface area is 100 Å². The van der Waals surface area contributed by atoms with Crippen LogP contribution >= 0.6 is 0 Å². The van der Waals surface area contributed by atoms with Crippen LogP contribution in [0, 0.1) is 5.92 Å². The topological polar surface area (TPSA) is 48.4 Å². The molecule has 1 aromatic heterocycles. The summed E-state index contributed by atoms with van der Waals surface area (Å²) in [5, 5.41) is 0. The number of ether oxygens (including phenoxy) is 1. The molecule has 2 atom stereocenters. The molecule has 2 heterocycles. The Balaban J connectivity index is 1.80. The minimum Gasteiger partial charge on any atom is -0.493 e. The van der Waals surface area contributed by atoms with Crippen LogP contribution in [-0.2, 0) is 6.42 Å². The number of rotatable bonds is 2. The molecule has 3 rings (SSSR count). The second kappa shape index (κ2) is 4.26. The molecule has 0 radical (unpaired) electrons. The molecule has 0 fully saturated rings. The van der Waals surface area contributed by atoms with Crippen molar-refractivity contribution in [3.05, 3.63) is 54.0 Å². The van der Waals surface area contributed by atoms with E-state index in [0.29, 0.717) is 12.5 Å². The van der Waals surface area contributed by atoms with E-state index < -0.39 is 0 Å². The zero-order valence-electron chi connectivity index (χ0n) is 9.50. The third-order valence-corrected chi connectivity index (χ3v) is 3.34. The van der Waals surface area contributed by atoms with E-state index in [-0.39, 0.29) is 6.04 Å². The minimum atomic E-state index is -0.0258. The largest absolute Gasteiger partial charge is 0.493 e. The quantitative estimate of drug-likeness (QED) is 0.860. The van der Waals surface area contributed by atoms with E-state index in [0.717, 1.165) is 17.7 Å². The van der Waals surface area contributed by atoms with Gasteiger partial charge in [-0.2, -0.15) is 0 Å². The Hall–Kier alpha value is -1.74. The van der Waals surface area contributed by atoms with Crippen LogP contribution in [0.15, 0.2) is 47.3 Å². The minimum absolute atomic E-state index is 0.0258. The Morgan fingerprint density at radius 3 is 2.94 bits per heavy atom. The Kier molecular flexibility index (Phi) is 2.61. The van der Waals surface area contributed by atoms with Crippen LogP contribution in [0.2, 0.25) is 0 Å². The summed E-state index contributed by atoms with van der Waals surface area (Å²) < 4.78 is 10.8. The first-order valence-corrected chi connectivity index (χ1v) is 5.83. The second-order valence-electron chi connectivity index (χ2n) is 4.47. The highest BCUT2D eigenvalue weighted by Gasteiger charge is 2.26. The van der Waals surface area contributed by atoms with E-state index in [2.05, 4.69) is 6.07 Å². The maximum Gasteiger partial charge on any atom is 0.122 e. The van der Waals surface area contributed by atoms with Gasteiger partial charge in [-0.1, -0.05) is 18.2 Å². The van der Waals surface area contributed by atoms with Crippen LogP contribution in [0.5, 0.6) is 5.75 Å². The normalized spacial score (nSPS) is 20.4. The summed E-state index contributed by atoms with van der Waals surface area (Å²) in [7, 11) is 0. The molecule has 0 bridgehead atoms. The maximum atomic E-state index is 6.23. The van der Waals surface area contributed by atoms with Crippen LogP contribution in [-0.4, -0.2) is 6.61 Å². The maximum absolute atomic E-state index is 6.23. The molecule has 0 spiro atoms. The third kappa shape index (κ3) is 1.94. The number of nitrogens with two attached hydrogens (primary N) is 1. The number of para-hydroxylation sites is 1. The van der Waals surface area contributed by atoms with Gasteiger partial charge in [-0.3, -0.25) is 0 Å². The zero-order valence-corrected chi connectivity index (χ0v) is 9.50. The molecular weight excluding hydrogens is 214 g/mol. The van der Waals surface area contributed by atoms with Crippen molar-refractivity contribution >= 4 is 0 Å². The Morgan fingerprint density at radius 1 is 1.24 bits per heavy atom. The molecule has 0 amide bonds. The summed E-state index contributed by atoms with van der Waals surface area (Å²) in [6, 6.07) is 10.0. The van der Waals surface area contributed by atoms with Gasteiger partial charge in [-0.15, -0.1) is 0 Å². The highest BCUT2D eigenvalue weighted by molar-refractivity contribution is 5.35. The van der Waals surface area contributed by atoms with E-state index in [1.165, 1.54) is 5.56 Å². The number of furan rings is 1. The summed E-state index contributed by atoms with van der Waals surface area (Å²) in [6.07, 6.45) is 4.33. The molecule has 0 saturated heterocycles. The van der Waals surface area contributed by atoms with Crippen LogP contribution in [0.3, 0.4) is 0 Å². The van der Waals surface area contributed by atoms with Crippen molar-refractivity contribution in [2.75, 3.05) is 6.61 Å². The van der Waals surface area contributed by atoms with Crippen molar-refractivity contribution in [1.29, 1.82) is 0 Å². The van der Waals surface area contributed by atoms with Gasteiger partial charge in [0, 0.05) is 17.5 Å². The molecule has 1 aliphatic rings. The van der Waals surface area contributed by atoms with Crippen molar-refractivity contribution in [2.24, 2.45) is 11.7 Å². The first-order valence-electron chi connectivity index (χ1n) is 5.83.